The van der Waals surface area contributed by atoms with Gasteiger partial charge in [-0.25, -0.2) is 13.2 Å². The fraction of sp³-hybridized carbons (Fsp3) is 0.125. The van der Waals surface area contributed by atoms with Crippen LogP contribution in [0.15, 0.2) is 53.4 Å². The maximum absolute atomic E-state index is 12.4. The molecule has 0 bridgehead atoms. The molecule has 5 nitrogen and oxygen atoms in total. The maximum atomic E-state index is 12.4. The molecular weight excluding hydrogens is 378 g/mol. The highest BCUT2D eigenvalue weighted by molar-refractivity contribution is 7.91. The molecule has 0 saturated heterocycles. The van der Waals surface area contributed by atoms with Crippen LogP contribution < -0.4 is 0 Å². The third kappa shape index (κ3) is 4.61. The van der Waals surface area contributed by atoms with Crippen molar-refractivity contribution in [3.8, 4) is 0 Å². The lowest BCUT2D eigenvalue weighted by molar-refractivity contribution is 0.0474. The van der Waals surface area contributed by atoms with Crippen LogP contribution in [0.2, 0.25) is 5.02 Å². The van der Waals surface area contributed by atoms with E-state index in [1.807, 2.05) is 0 Å². The third-order valence-corrected chi connectivity index (χ3v) is 4.77. The minimum atomic E-state index is -4.74. The molecule has 25 heavy (non-hydrogen) atoms. The summed E-state index contributed by atoms with van der Waals surface area (Å²) in [5.74, 6) is -4.93. The van der Waals surface area contributed by atoms with Crippen LogP contribution >= 0.6 is 11.6 Å². The first-order valence-electron chi connectivity index (χ1n) is 6.80. The van der Waals surface area contributed by atoms with Crippen molar-refractivity contribution in [3.63, 3.8) is 0 Å². The summed E-state index contributed by atoms with van der Waals surface area (Å²) < 4.78 is 52.3. The molecule has 0 aliphatic heterocycles. The predicted molar refractivity (Wildman–Crippen MR) is 85.7 cm³/mol. The van der Waals surface area contributed by atoms with E-state index in [1.54, 1.807) is 12.1 Å². The smallest absolute Gasteiger partial charge is 0.341 e. The molecule has 2 aromatic rings. The van der Waals surface area contributed by atoms with Crippen molar-refractivity contribution in [3.05, 3.63) is 64.7 Å². The van der Waals surface area contributed by atoms with Crippen LogP contribution in [0.1, 0.15) is 20.7 Å². The fourth-order valence-electron chi connectivity index (χ4n) is 1.84. The number of ketones is 1. The van der Waals surface area contributed by atoms with Gasteiger partial charge in [-0.05, 0) is 36.4 Å². The molecule has 2 aromatic carbocycles. The summed E-state index contributed by atoms with van der Waals surface area (Å²) in [4.78, 5) is 23.1. The Hall–Kier alpha value is -2.32. The maximum Gasteiger partial charge on any atom is 0.341 e. The van der Waals surface area contributed by atoms with Crippen LogP contribution in [0.5, 0.6) is 0 Å². The Balaban J connectivity index is 2.03. The number of ether oxygens (including phenoxy) is 1. The molecule has 9 heteroatoms. The quantitative estimate of drug-likeness (QED) is 0.560. The number of hydrogen-bond acceptors (Lipinski definition) is 5. The third-order valence-electron chi connectivity index (χ3n) is 3.13. The van der Waals surface area contributed by atoms with E-state index in [1.165, 1.54) is 12.1 Å². The van der Waals surface area contributed by atoms with Crippen molar-refractivity contribution in [2.75, 3.05) is 6.61 Å². The van der Waals surface area contributed by atoms with Crippen LogP contribution in [-0.2, 0) is 14.6 Å². The molecule has 0 unspecified atom stereocenters. The molecule has 0 saturated carbocycles. The van der Waals surface area contributed by atoms with E-state index in [0.29, 0.717) is 5.02 Å². The molecule has 132 valence electrons. The topological polar surface area (TPSA) is 77.5 Å². The molecular formula is C16H11ClF2O5S. The summed E-state index contributed by atoms with van der Waals surface area (Å²) in [6.45, 7) is -0.545. The standard InChI is InChI=1S/C16H11ClF2O5S/c17-12-3-1-2-11(8-12)14(20)9-24-15(21)10-4-6-13(7-5-10)25(22,23)16(18)19/h1-8,16H,9H2. The Morgan fingerprint density at radius 2 is 1.68 bits per heavy atom. The Morgan fingerprint density at radius 1 is 1.04 bits per heavy atom. The zero-order valence-corrected chi connectivity index (χ0v) is 14.1. The SMILES string of the molecule is O=C(COC(=O)c1ccc(S(=O)(=O)C(F)F)cc1)c1cccc(Cl)c1. The van der Waals surface area contributed by atoms with Gasteiger partial charge in [-0.3, -0.25) is 4.79 Å². The van der Waals surface area contributed by atoms with Gasteiger partial charge in [-0.1, -0.05) is 23.7 Å². The molecule has 0 aliphatic rings. The van der Waals surface area contributed by atoms with Crippen molar-refractivity contribution in [2.24, 2.45) is 0 Å². The van der Waals surface area contributed by atoms with E-state index in [2.05, 4.69) is 0 Å². The first-order chi connectivity index (χ1) is 11.7. The number of esters is 1. The number of Topliss-reactive ketones (excluding diaryl/α,β-unsaturated/α-hetero) is 1. The number of halogens is 3. The van der Waals surface area contributed by atoms with Crippen LogP contribution in [0.25, 0.3) is 0 Å². The molecule has 0 aromatic heterocycles. The molecule has 0 N–H and O–H groups in total. The molecule has 2 rings (SSSR count). The van der Waals surface area contributed by atoms with Crippen molar-refractivity contribution in [2.45, 2.75) is 10.7 Å². The average molecular weight is 389 g/mol. The molecule has 0 radical (unpaired) electrons. The Labute approximate surface area is 147 Å². The molecule has 0 atom stereocenters. The van der Waals surface area contributed by atoms with E-state index in [4.69, 9.17) is 16.3 Å². The monoisotopic (exact) mass is 388 g/mol. The van der Waals surface area contributed by atoms with Gasteiger partial charge in [0.05, 0.1) is 10.5 Å². The summed E-state index contributed by atoms with van der Waals surface area (Å²) in [6, 6.07) is 9.88. The van der Waals surface area contributed by atoms with Crippen molar-refractivity contribution < 1.29 is 31.5 Å². The number of benzene rings is 2. The Kier molecular flexibility index (Phi) is 5.86. The van der Waals surface area contributed by atoms with Crippen LogP contribution in [0.4, 0.5) is 8.78 Å². The van der Waals surface area contributed by atoms with E-state index >= 15 is 0 Å². The minimum Gasteiger partial charge on any atom is -0.454 e. The van der Waals surface area contributed by atoms with E-state index in [0.717, 1.165) is 24.3 Å². The number of sulfone groups is 1. The Bertz CT molecular complexity index is 895. The van der Waals surface area contributed by atoms with Gasteiger partial charge in [-0.2, -0.15) is 8.78 Å². The van der Waals surface area contributed by atoms with Gasteiger partial charge in [0, 0.05) is 10.6 Å². The van der Waals surface area contributed by atoms with Gasteiger partial charge in [0.15, 0.2) is 12.4 Å². The molecule has 0 aliphatic carbocycles. The highest BCUT2D eigenvalue weighted by Gasteiger charge is 2.26. The van der Waals surface area contributed by atoms with Gasteiger partial charge >= 0.3 is 11.7 Å². The molecule has 0 amide bonds. The van der Waals surface area contributed by atoms with E-state index < -0.39 is 38.8 Å². The van der Waals surface area contributed by atoms with Gasteiger partial charge in [0.1, 0.15) is 0 Å². The van der Waals surface area contributed by atoms with Gasteiger partial charge in [0.25, 0.3) is 0 Å². The Morgan fingerprint density at radius 3 is 2.24 bits per heavy atom. The summed E-state index contributed by atoms with van der Waals surface area (Å²) in [5.41, 5.74) is 0.186. The number of carbonyl (C=O) groups is 2. The average Bonchev–Trinajstić information content (AvgIpc) is 2.59. The molecule has 0 heterocycles. The van der Waals surface area contributed by atoms with Crippen LogP contribution in [0, 0.1) is 0 Å². The zero-order chi connectivity index (χ0) is 18.6. The lowest BCUT2D eigenvalue weighted by Crippen LogP contribution is -2.15. The summed E-state index contributed by atoms with van der Waals surface area (Å²) in [6.07, 6.45) is 0. The largest absolute Gasteiger partial charge is 0.454 e. The second-order valence-corrected chi connectivity index (χ2v) is 7.19. The normalized spacial score (nSPS) is 11.4. The highest BCUT2D eigenvalue weighted by Crippen LogP contribution is 2.19. The first-order valence-corrected chi connectivity index (χ1v) is 8.72. The van der Waals surface area contributed by atoms with E-state index in [-0.39, 0.29) is 11.1 Å². The van der Waals surface area contributed by atoms with Gasteiger partial charge in [-0.15, -0.1) is 0 Å². The van der Waals surface area contributed by atoms with Crippen LogP contribution in [-0.4, -0.2) is 32.5 Å². The zero-order valence-electron chi connectivity index (χ0n) is 12.5. The minimum absolute atomic E-state index is 0.0767. The highest BCUT2D eigenvalue weighted by atomic mass is 35.5. The number of rotatable bonds is 6. The van der Waals surface area contributed by atoms with Crippen LogP contribution in [0.3, 0.4) is 0 Å². The molecule has 0 fully saturated rings. The summed E-state index contributed by atoms with van der Waals surface area (Å²) in [5, 5.41) is 0.355. The number of hydrogen-bond donors (Lipinski definition) is 0. The summed E-state index contributed by atoms with van der Waals surface area (Å²) in [7, 11) is -4.74. The van der Waals surface area contributed by atoms with Crippen molar-refractivity contribution in [1.82, 2.24) is 0 Å². The first kappa shape index (κ1) is 19.0. The van der Waals surface area contributed by atoms with Gasteiger partial charge in [0.2, 0.25) is 9.84 Å². The second kappa shape index (κ2) is 7.71. The van der Waals surface area contributed by atoms with E-state index in [9.17, 15) is 26.8 Å². The van der Waals surface area contributed by atoms with Crippen molar-refractivity contribution in [1.29, 1.82) is 0 Å². The second-order valence-electron chi connectivity index (χ2n) is 4.84. The van der Waals surface area contributed by atoms with Crippen molar-refractivity contribution >= 4 is 33.2 Å². The lowest BCUT2D eigenvalue weighted by Gasteiger charge is -2.06. The summed E-state index contributed by atoms with van der Waals surface area (Å²) >= 11 is 5.76. The number of carbonyl (C=O) groups excluding carboxylic acids is 2. The molecule has 0 spiro atoms. The lowest BCUT2D eigenvalue weighted by atomic mass is 10.1. The predicted octanol–water partition coefficient (Wildman–Crippen LogP) is 3.38. The van der Waals surface area contributed by atoms with Gasteiger partial charge < -0.3 is 4.74 Å². The number of alkyl halides is 2. The fourth-order valence-corrected chi connectivity index (χ4v) is 2.75.